The lowest BCUT2D eigenvalue weighted by Crippen LogP contribution is -2.59. The number of nitrogens with zero attached hydrogens (tertiary/aromatic N) is 2. The van der Waals surface area contributed by atoms with Gasteiger partial charge in [0.05, 0.1) is 19.1 Å². The number of hydrogen-bond donors (Lipinski definition) is 1. The van der Waals surface area contributed by atoms with Crippen molar-refractivity contribution in [1.82, 2.24) is 15.1 Å². The summed E-state index contributed by atoms with van der Waals surface area (Å²) < 4.78 is 18.8. The molecule has 0 aromatic heterocycles. The van der Waals surface area contributed by atoms with E-state index >= 15 is 0 Å². The Morgan fingerprint density at radius 1 is 1.10 bits per heavy atom. The van der Waals surface area contributed by atoms with Gasteiger partial charge in [-0.3, -0.25) is 14.5 Å². The van der Waals surface area contributed by atoms with Gasteiger partial charge in [-0.25, -0.2) is 4.39 Å². The number of likely N-dealkylation sites (tertiary alicyclic amines) is 1. The van der Waals surface area contributed by atoms with Gasteiger partial charge >= 0.3 is 0 Å². The quantitative estimate of drug-likeness (QED) is 0.773. The molecule has 164 valence electrons. The van der Waals surface area contributed by atoms with E-state index in [4.69, 9.17) is 4.74 Å². The van der Waals surface area contributed by atoms with E-state index in [-0.39, 0.29) is 36.0 Å². The molecule has 2 heterocycles. The van der Waals surface area contributed by atoms with Crippen molar-refractivity contribution in [3.8, 4) is 5.75 Å². The monoisotopic (exact) mass is 417 g/mol. The Morgan fingerprint density at radius 3 is 2.63 bits per heavy atom. The number of piperazine rings is 1. The number of rotatable bonds is 6. The zero-order valence-corrected chi connectivity index (χ0v) is 17.5. The van der Waals surface area contributed by atoms with Crippen LogP contribution in [0.5, 0.6) is 5.75 Å². The van der Waals surface area contributed by atoms with Gasteiger partial charge in [0.2, 0.25) is 11.8 Å². The predicted octanol–water partition coefficient (Wildman–Crippen LogP) is 2.58. The van der Waals surface area contributed by atoms with E-state index < -0.39 is 0 Å². The zero-order chi connectivity index (χ0) is 20.9. The molecule has 1 saturated carbocycles. The van der Waals surface area contributed by atoms with E-state index in [2.05, 4.69) is 10.2 Å². The molecule has 3 fully saturated rings. The number of benzene rings is 1. The lowest BCUT2D eigenvalue weighted by molar-refractivity contribution is -0.141. The third kappa shape index (κ3) is 5.12. The molecule has 4 rings (SSSR count). The number of nitrogens with one attached hydrogen (secondary N) is 1. The predicted molar refractivity (Wildman–Crippen MR) is 112 cm³/mol. The third-order valence-electron chi connectivity index (χ3n) is 6.70. The average molecular weight is 418 g/mol. The smallest absolute Gasteiger partial charge is 0.237 e. The number of amides is 2. The van der Waals surface area contributed by atoms with Gasteiger partial charge in [-0.2, -0.15) is 0 Å². The van der Waals surface area contributed by atoms with Crippen LogP contribution in [0.2, 0.25) is 0 Å². The van der Waals surface area contributed by atoms with Crippen LogP contribution in [0.4, 0.5) is 4.39 Å². The fourth-order valence-corrected chi connectivity index (χ4v) is 5.08. The molecule has 1 aromatic carbocycles. The second kappa shape index (κ2) is 9.77. The molecule has 0 radical (unpaired) electrons. The summed E-state index contributed by atoms with van der Waals surface area (Å²) in [6, 6.07) is 6.12. The minimum atomic E-state index is -0.342. The summed E-state index contributed by atoms with van der Waals surface area (Å²) in [5.41, 5.74) is 0. The largest absolute Gasteiger partial charge is 0.493 e. The molecule has 3 aliphatic rings. The Morgan fingerprint density at radius 2 is 1.87 bits per heavy atom. The first-order valence-electron chi connectivity index (χ1n) is 11.3. The van der Waals surface area contributed by atoms with Crippen molar-refractivity contribution >= 4 is 11.8 Å². The van der Waals surface area contributed by atoms with Crippen molar-refractivity contribution in [2.24, 2.45) is 5.92 Å². The van der Waals surface area contributed by atoms with E-state index in [1.54, 1.807) is 12.1 Å². The number of hydrogen-bond acceptors (Lipinski definition) is 4. The maximum atomic E-state index is 13.1. The molecule has 0 spiro atoms. The van der Waals surface area contributed by atoms with Gasteiger partial charge in [-0.05, 0) is 49.9 Å². The molecule has 0 unspecified atom stereocenters. The molecule has 2 atom stereocenters. The number of ether oxygens (including phenoxy) is 1. The summed E-state index contributed by atoms with van der Waals surface area (Å²) in [5.74, 6) is 0.668. The summed E-state index contributed by atoms with van der Waals surface area (Å²) >= 11 is 0. The normalized spacial score (nSPS) is 25.9. The molecule has 1 aromatic rings. The van der Waals surface area contributed by atoms with Crippen LogP contribution < -0.4 is 10.1 Å². The molecule has 1 aliphatic carbocycles. The number of carbonyl (C=O) groups excluding carboxylic acids is 2. The first-order valence-corrected chi connectivity index (χ1v) is 11.3. The van der Waals surface area contributed by atoms with Crippen molar-refractivity contribution in [2.75, 3.05) is 32.8 Å². The molecule has 7 heteroatoms. The highest BCUT2D eigenvalue weighted by atomic mass is 19.1. The van der Waals surface area contributed by atoms with Gasteiger partial charge in [0.25, 0.3) is 0 Å². The molecule has 0 bridgehead atoms. The summed E-state index contributed by atoms with van der Waals surface area (Å²) in [7, 11) is 0. The van der Waals surface area contributed by atoms with Crippen LogP contribution in [-0.2, 0) is 9.59 Å². The first kappa shape index (κ1) is 21.1. The van der Waals surface area contributed by atoms with Crippen molar-refractivity contribution < 1.29 is 18.7 Å². The molecule has 2 aliphatic heterocycles. The fourth-order valence-electron chi connectivity index (χ4n) is 5.08. The maximum Gasteiger partial charge on any atom is 0.237 e. The van der Waals surface area contributed by atoms with Crippen LogP contribution in [-0.4, -0.2) is 66.5 Å². The van der Waals surface area contributed by atoms with Crippen LogP contribution in [0.3, 0.4) is 0 Å². The topological polar surface area (TPSA) is 61.9 Å². The van der Waals surface area contributed by atoms with Gasteiger partial charge < -0.3 is 15.0 Å². The van der Waals surface area contributed by atoms with Gasteiger partial charge in [0.15, 0.2) is 0 Å². The standard InChI is InChI=1S/C23H32FN3O3/c24-18-7-9-20(10-8-18)30-16-17-4-3-12-26(15-17)22(28)14-21-23(29)25-11-13-27(21)19-5-1-2-6-19/h7-10,17,19,21H,1-6,11-16H2,(H,25,29)/t17-,21+/m0/s1. The van der Waals surface area contributed by atoms with E-state index in [9.17, 15) is 14.0 Å². The second-order valence-corrected chi connectivity index (χ2v) is 8.80. The Balaban J connectivity index is 1.31. The van der Waals surface area contributed by atoms with Gasteiger partial charge in [0.1, 0.15) is 11.6 Å². The lowest BCUT2D eigenvalue weighted by Gasteiger charge is -2.40. The molecule has 6 nitrogen and oxygen atoms in total. The molecular weight excluding hydrogens is 385 g/mol. The van der Waals surface area contributed by atoms with Crippen molar-refractivity contribution in [3.05, 3.63) is 30.1 Å². The highest BCUT2D eigenvalue weighted by Gasteiger charge is 2.38. The molecular formula is C23H32FN3O3. The summed E-state index contributed by atoms with van der Waals surface area (Å²) in [6.45, 7) is 3.41. The highest BCUT2D eigenvalue weighted by molar-refractivity contribution is 5.89. The first-order chi connectivity index (χ1) is 14.6. The number of piperidine rings is 1. The lowest BCUT2D eigenvalue weighted by atomic mass is 9.97. The van der Waals surface area contributed by atoms with Crippen LogP contribution in [0.25, 0.3) is 0 Å². The van der Waals surface area contributed by atoms with Gasteiger partial charge in [-0.1, -0.05) is 12.8 Å². The van der Waals surface area contributed by atoms with Crippen LogP contribution in [0, 0.1) is 11.7 Å². The minimum absolute atomic E-state index is 0.00491. The highest BCUT2D eigenvalue weighted by Crippen LogP contribution is 2.28. The van der Waals surface area contributed by atoms with Crippen molar-refractivity contribution in [2.45, 2.75) is 57.0 Å². The average Bonchev–Trinajstić information content (AvgIpc) is 3.30. The van der Waals surface area contributed by atoms with Crippen LogP contribution >= 0.6 is 0 Å². The summed E-state index contributed by atoms with van der Waals surface area (Å²) in [6.07, 6.45) is 6.88. The summed E-state index contributed by atoms with van der Waals surface area (Å²) in [4.78, 5) is 29.8. The van der Waals surface area contributed by atoms with Crippen molar-refractivity contribution in [1.29, 1.82) is 0 Å². The summed E-state index contributed by atoms with van der Waals surface area (Å²) in [5, 5.41) is 2.95. The molecule has 1 N–H and O–H groups in total. The zero-order valence-electron chi connectivity index (χ0n) is 17.5. The van der Waals surface area contributed by atoms with Gasteiger partial charge in [-0.15, -0.1) is 0 Å². The van der Waals surface area contributed by atoms with Crippen LogP contribution in [0.1, 0.15) is 44.9 Å². The Labute approximate surface area is 177 Å². The van der Waals surface area contributed by atoms with E-state index in [1.807, 2.05) is 4.90 Å². The third-order valence-corrected chi connectivity index (χ3v) is 6.70. The second-order valence-electron chi connectivity index (χ2n) is 8.80. The SMILES string of the molecule is O=C1NCCN(C2CCCC2)[C@@H]1CC(=O)N1CCC[C@H](COc2ccc(F)cc2)C1. The van der Waals surface area contributed by atoms with E-state index in [1.165, 1.54) is 25.0 Å². The molecule has 30 heavy (non-hydrogen) atoms. The molecule has 2 amide bonds. The van der Waals surface area contributed by atoms with Crippen LogP contribution in [0.15, 0.2) is 24.3 Å². The Hall–Kier alpha value is -2.15. The maximum absolute atomic E-state index is 13.1. The Kier molecular flexibility index (Phi) is 6.87. The number of halogens is 1. The van der Waals surface area contributed by atoms with E-state index in [0.29, 0.717) is 31.5 Å². The molecule has 2 saturated heterocycles. The van der Waals surface area contributed by atoms with E-state index in [0.717, 1.165) is 38.8 Å². The minimum Gasteiger partial charge on any atom is -0.493 e. The van der Waals surface area contributed by atoms with Crippen molar-refractivity contribution in [3.63, 3.8) is 0 Å². The fraction of sp³-hybridized carbons (Fsp3) is 0.652. The number of carbonyl (C=O) groups is 2. The van der Waals surface area contributed by atoms with Gasteiger partial charge in [0, 0.05) is 38.1 Å². The Bertz CT molecular complexity index is 736.